The average Bonchev–Trinajstić information content (AvgIpc) is 3.36. The quantitative estimate of drug-likeness (QED) is 0.430. The fraction of sp³-hybridized carbons (Fsp3) is 0.0833. The fourth-order valence-electron chi connectivity index (χ4n) is 3.35. The predicted molar refractivity (Wildman–Crippen MR) is 125 cm³/mol. The number of nitrogen functional groups attached to an aromatic ring is 1. The summed E-state index contributed by atoms with van der Waals surface area (Å²) in [6.45, 7) is 1.60. The van der Waals surface area contributed by atoms with E-state index in [1.165, 1.54) is 0 Å². The number of nitrogens with zero attached hydrogens (tertiary/aromatic N) is 4. The van der Waals surface area contributed by atoms with E-state index < -0.39 is 0 Å². The molecule has 0 bridgehead atoms. The van der Waals surface area contributed by atoms with Crippen molar-refractivity contribution in [1.29, 1.82) is 0 Å². The van der Waals surface area contributed by atoms with E-state index in [0.29, 0.717) is 17.3 Å². The predicted octanol–water partition coefficient (Wildman–Crippen LogP) is 4.01. The van der Waals surface area contributed by atoms with E-state index in [1.54, 1.807) is 6.20 Å². The van der Waals surface area contributed by atoms with E-state index in [-0.39, 0.29) is 5.95 Å². The minimum absolute atomic E-state index is 0.212. The highest BCUT2D eigenvalue weighted by Gasteiger charge is 2.11. The SMILES string of the molecule is Nc1nc(Nc2ccc(Oc3ccnc(C4=NCCN4)c3)cc2)cc(-c2ccccc2)n1. The lowest BCUT2D eigenvalue weighted by Gasteiger charge is -2.10. The van der Waals surface area contributed by atoms with Gasteiger partial charge in [0.25, 0.3) is 0 Å². The van der Waals surface area contributed by atoms with Crippen molar-refractivity contribution in [2.75, 3.05) is 24.1 Å². The molecule has 0 aliphatic carbocycles. The van der Waals surface area contributed by atoms with E-state index in [2.05, 4.69) is 30.6 Å². The van der Waals surface area contributed by atoms with Crippen LogP contribution in [0.25, 0.3) is 11.3 Å². The number of pyridine rings is 1. The second-order valence-electron chi connectivity index (χ2n) is 7.15. The van der Waals surface area contributed by atoms with E-state index in [4.69, 9.17) is 10.5 Å². The molecule has 158 valence electrons. The van der Waals surface area contributed by atoms with Crippen LogP contribution in [0.5, 0.6) is 11.5 Å². The Kier molecular flexibility index (Phi) is 5.32. The van der Waals surface area contributed by atoms with Gasteiger partial charge in [-0.15, -0.1) is 0 Å². The summed E-state index contributed by atoms with van der Waals surface area (Å²) < 4.78 is 5.98. The zero-order valence-corrected chi connectivity index (χ0v) is 17.2. The minimum Gasteiger partial charge on any atom is -0.457 e. The van der Waals surface area contributed by atoms with Crippen LogP contribution in [0.2, 0.25) is 0 Å². The topological polar surface area (TPSA) is 110 Å². The molecule has 1 aliphatic heterocycles. The molecule has 0 fully saturated rings. The normalized spacial score (nSPS) is 12.7. The first-order valence-corrected chi connectivity index (χ1v) is 10.2. The van der Waals surface area contributed by atoms with Crippen molar-refractivity contribution >= 4 is 23.3 Å². The second kappa shape index (κ2) is 8.73. The van der Waals surface area contributed by atoms with Gasteiger partial charge >= 0.3 is 0 Å². The Morgan fingerprint density at radius 3 is 2.50 bits per heavy atom. The van der Waals surface area contributed by atoms with Gasteiger partial charge in [-0.25, -0.2) is 4.98 Å². The highest BCUT2D eigenvalue weighted by Crippen LogP contribution is 2.26. The van der Waals surface area contributed by atoms with E-state index in [1.807, 2.05) is 72.8 Å². The molecule has 4 aromatic rings. The first-order valence-electron chi connectivity index (χ1n) is 10.2. The molecule has 8 nitrogen and oxygen atoms in total. The Labute approximate surface area is 185 Å². The Balaban J connectivity index is 1.30. The number of benzene rings is 2. The largest absolute Gasteiger partial charge is 0.457 e. The summed E-state index contributed by atoms with van der Waals surface area (Å²) in [5.74, 6) is 3.04. The van der Waals surface area contributed by atoms with Crippen molar-refractivity contribution < 1.29 is 4.74 Å². The molecule has 0 radical (unpaired) electrons. The molecule has 0 amide bonds. The van der Waals surface area contributed by atoms with Gasteiger partial charge in [0.05, 0.1) is 12.2 Å². The summed E-state index contributed by atoms with van der Waals surface area (Å²) >= 11 is 0. The molecule has 0 atom stereocenters. The number of aliphatic imine (C=N–C) groups is 1. The van der Waals surface area contributed by atoms with E-state index in [0.717, 1.165) is 41.6 Å². The zero-order valence-electron chi connectivity index (χ0n) is 17.2. The third-order valence-electron chi connectivity index (χ3n) is 4.82. The summed E-state index contributed by atoms with van der Waals surface area (Å²) in [6, 6.07) is 23.0. The van der Waals surface area contributed by atoms with Crippen LogP contribution in [0.15, 0.2) is 84.0 Å². The van der Waals surface area contributed by atoms with Gasteiger partial charge in [-0.1, -0.05) is 30.3 Å². The molecule has 0 spiro atoms. The van der Waals surface area contributed by atoms with Crippen molar-refractivity contribution in [3.05, 3.63) is 84.7 Å². The molecule has 0 saturated carbocycles. The lowest BCUT2D eigenvalue weighted by Crippen LogP contribution is -2.20. The number of nitrogens with two attached hydrogens (primary N) is 1. The lowest BCUT2D eigenvalue weighted by atomic mass is 10.1. The van der Waals surface area contributed by atoms with Crippen LogP contribution < -0.4 is 21.1 Å². The van der Waals surface area contributed by atoms with Crippen molar-refractivity contribution in [3.63, 3.8) is 0 Å². The Bertz CT molecular complexity index is 1260. The van der Waals surface area contributed by atoms with Crippen LogP contribution in [0, 0.1) is 0 Å². The number of nitrogens with one attached hydrogen (secondary N) is 2. The van der Waals surface area contributed by atoms with Crippen LogP contribution in [0.4, 0.5) is 17.5 Å². The van der Waals surface area contributed by atoms with Crippen LogP contribution in [0.3, 0.4) is 0 Å². The minimum atomic E-state index is 0.212. The molecule has 2 aromatic heterocycles. The van der Waals surface area contributed by atoms with Crippen molar-refractivity contribution in [2.45, 2.75) is 0 Å². The zero-order chi connectivity index (χ0) is 21.8. The summed E-state index contributed by atoms with van der Waals surface area (Å²) in [7, 11) is 0. The van der Waals surface area contributed by atoms with Gasteiger partial charge in [0.1, 0.15) is 28.8 Å². The monoisotopic (exact) mass is 423 g/mol. The highest BCUT2D eigenvalue weighted by atomic mass is 16.5. The fourth-order valence-corrected chi connectivity index (χ4v) is 3.35. The van der Waals surface area contributed by atoms with Crippen LogP contribution in [0.1, 0.15) is 5.69 Å². The maximum absolute atomic E-state index is 5.98. The molecular weight excluding hydrogens is 402 g/mol. The van der Waals surface area contributed by atoms with Gasteiger partial charge in [-0.05, 0) is 30.3 Å². The maximum atomic E-state index is 5.98. The third-order valence-corrected chi connectivity index (χ3v) is 4.82. The van der Waals surface area contributed by atoms with Crippen LogP contribution >= 0.6 is 0 Å². The average molecular weight is 423 g/mol. The number of hydrogen-bond acceptors (Lipinski definition) is 8. The van der Waals surface area contributed by atoms with Crippen molar-refractivity contribution in [3.8, 4) is 22.8 Å². The number of anilines is 3. The Morgan fingerprint density at radius 2 is 1.72 bits per heavy atom. The van der Waals surface area contributed by atoms with Gasteiger partial charge < -0.3 is 21.1 Å². The number of hydrogen-bond donors (Lipinski definition) is 3. The highest BCUT2D eigenvalue weighted by molar-refractivity contribution is 5.98. The molecule has 0 unspecified atom stereocenters. The number of amidine groups is 1. The smallest absolute Gasteiger partial charge is 0.222 e. The second-order valence-corrected chi connectivity index (χ2v) is 7.15. The van der Waals surface area contributed by atoms with Gasteiger partial charge in [0.15, 0.2) is 0 Å². The summed E-state index contributed by atoms with van der Waals surface area (Å²) in [4.78, 5) is 17.4. The molecule has 2 aromatic carbocycles. The van der Waals surface area contributed by atoms with Gasteiger partial charge in [-0.2, -0.15) is 4.98 Å². The van der Waals surface area contributed by atoms with Crippen LogP contribution in [-0.2, 0) is 0 Å². The lowest BCUT2D eigenvalue weighted by molar-refractivity contribution is 0.482. The van der Waals surface area contributed by atoms with Gasteiger partial charge in [-0.3, -0.25) is 9.98 Å². The molecule has 0 saturated heterocycles. The number of rotatable bonds is 6. The Hall–Kier alpha value is -4.46. The summed E-state index contributed by atoms with van der Waals surface area (Å²) in [5.41, 5.74) is 9.28. The van der Waals surface area contributed by atoms with Crippen LogP contribution in [-0.4, -0.2) is 33.9 Å². The maximum Gasteiger partial charge on any atom is 0.222 e. The number of ether oxygens (including phenoxy) is 1. The van der Waals surface area contributed by atoms with Gasteiger partial charge in [0.2, 0.25) is 5.95 Å². The van der Waals surface area contributed by atoms with E-state index in [9.17, 15) is 0 Å². The molecule has 32 heavy (non-hydrogen) atoms. The molecule has 3 heterocycles. The standard InChI is InChI=1S/C24H21N7O/c25-24-30-20(16-4-2-1-3-5-16)15-22(31-24)29-17-6-8-18(9-7-17)32-19-10-11-26-21(14-19)23-27-12-13-28-23/h1-11,14-15H,12-13H2,(H,27,28)(H3,25,29,30,31). The molecular formula is C24H21N7O. The summed E-state index contributed by atoms with van der Waals surface area (Å²) in [6.07, 6.45) is 1.72. The summed E-state index contributed by atoms with van der Waals surface area (Å²) in [5, 5.41) is 6.49. The Morgan fingerprint density at radius 1 is 0.875 bits per heavy atom. The van der Waals surface area contributed by atoms with Crippen molar-refractivity contribution in [2.24, 2.45) is 4.99 Å². The molecule has 1 aliphatic rings. The van der Waals surface area contributed by atoms with Gasteiger partial charge in [0, 0.05) is 36.1 Å². The molecule has 8 heteroatoms. The molecule has 5 rings (SSSR count). The first-order chi connectivity index (χ1) is 15.7. The third kappa shape index (κ3) is 4.49. The first kappa shape index (κ1) is 19.5. The van der Waals surface area contributed by atoms with Crippen molar-refractivity contribution in [1.82, 2.24) is 20.3 Å². The number of aromatic nitrogens is 3. The van der Waals surface area contributed by atoms with E-state index >= 15 is 0 Å². The molecule has 4 N–H and O–H groups in total.